The summed E-state index contributed by atoms with van der Waals surface area (Å²) < 4.78 is 54.0. The number of methoxy groups -OCH3 is 2. The van der Waals surface area contributed by atoms with Crippen LogP contribution in [0.5, 0.6) is 11.5 Å². The molecule has 2 aromatic carbocycles. The molecule has 4 aliphatic rings. The highest BCUT2D eigenvalue weighted by molar-refractivity contribution is 6.12. The van der Waals surface area contributed by atoms with Gasteiger partial charge in [-0.25, -0.2) is 0 Å². The molecule has 250 valence electrons. The topological polar surface area (TPSA) is 55.0 Å². The number of nitrogens with one attached hydrogen (secondary N) is 1. The molecule has 4 aliphatic heterocycles. The first kappa shape index (κ1) is 33.5. The van der Waals surface area contributed by atoms with E-state index < -0.39 is 11.7 Å². The SMILES string of the molecule is C=C(CN1CCC(C(=N)c2cc(OC)cc(OC)c2)=C1C1CN1c1cc(N2CCCC2)ccc1C(F)(F)F)N1CCCCC1.CC. The van der Waals surface area contributed by atoms with Gasteiger partial charge in [0.1, 0.15) is 11.5 Å². The second kappa shape index (κ2) is 14.3. The van der Waals surface area contributed by atoms with E-state index in [9.17, 15) is 18.6 Å². The van der Waals surface area contributed by atoms with Gasteiger partial charge in [0.2, 0.25) is 0 Å². The van der Waals surface area contributed by atoms with E-state index in [1.54, 1.807) is 32.4 Å². The lowest BCUT2D eigenvalue weighted by molar-refractivity contribution is -0.137. The standard InChI is InChI=1S/C34H42F3N5O2.C2H6/c1-23(39-12-5-4-6-13-39)21-41-16-11-28(32(38)24-17-26(43-2)20-27(18-24)44-3)33(41)31-22-42(31)30-19-25(40-14-7-8-15-40)9-10-29(30)34(35,36)37;1-2/h9-10,17-20,31,38H,1,4-8,11-16,21-22H2,2-3H3;1-2H3. The first-order valence-corrected chi connectivity index (χ1v) is 16.6. The number of halogens is 3. The fourth-order valence-electron chi connectivity index (χ4n) is 6.98. The predicted molar refractivity (Wildman–Crippen MR) is 180 cm³/mol. The van der Waals surface area contributed by atoms with E-state index in [1.165, 1.54) is 12.5 Å². The molecule has 0 aliphatic carbocycles. The molecule has 7 nitrogen and oxygen atoms in total. The van der Waals surface area contributed by atoms with Crippen LogP contribution < -0.4 is 19.3 Å². The summed E-state index contributed by atoms with van der Waals surface area (Å²) in [6.45, 7) is 13.8. The zero-order valence-corrected chi connectivity index (χ0v) is 27.7. The van der Waals surface area contributed by atoms with Gasteiger partial charge in [0.25, 0.3) is 0 Å². The van der Waals surface area contributed by atoms with Crippen molar-refractivity contribution in [2.75, 3.05) is 69.8 Å². The number of alkyl halides is 3. The van der Waals surface area contributed by atoms with Crippen molar-refractivity contribution < 1.29 is 22.6 Å². The van der Waals surface area contributed by atoms with Gasteiger partial charge in [0.05, 0.1) is 43.8 Å². The van der Waals surface area contributed by atoms with Crippen molar-refractivity contribution in [2.45, 2.75) is 64.6 Å². The number of anilines is 2. The lowest BCUT2D eigenvalue weighted by Gasteiger charge is -2.34. The molecule has 4 heterocycles. The number of benzene rings is 2. The van der Waals surface area contributed by atoms with E-state index in [-0.39, 0.29) is 11.7 Å². The second-order valence-corrected chi connectivity index (χ2v) is 12.2. The number of rotatable bonds is 10. The number of nitrogens with zero attached hydrogens (tertiary/aromatic N) is 4. The maximum atomic E-state index is 14.3. The van der Waals surface area contributed by atoms with Crippen molar-refractivity contribution in [1.29, 1.82) is 5.41 Å². The Morgan fingerprint density at radius 2 is 1.52 bits per heavy atom. The van der Waals surface area contributed by atoms with Gasteiger partial charge in [-0.2, -0.15) is 13.2 Å². The Balaban J connectivity index is 0.00000204. The Labute approximate surface area is 271 Å². The molecule has 2 aromatic rings. The summed E-state index contributed by atoms with van der Waals surface area (Å²) in [6, 6.07) is 9.71. The van der Waals surface area contributed by atoms with Gasteiger partial charge in [-0.05, 0) is 68.9 Å². The van der Waals surface area contributed by atoms with Crippen LogP contribution in [0.2, 0.25) is 0 Å². The molecule has 0 amide bonds. The summed E-state index contributed by atoms with van der Waals surface area (Å²) in [4.78, 5) is 8.62. The third-order valence-electron chi connectivity index (χ3n) is 9.40. The van der Waals surface area contributed by atoms with Crippen LogP contribution in [-0.2, 0) is 6.18 Å². The highest BCUT2D eigenvalue weighted by Gasteiger charge is 2.47. The average Bonchev–Trinajstić information content (AvgIpc) is 3.44. The number of hydrogen-bond donors (Lipinski definition) is 1. The van der Waals surface area contributed by atoms with Crippen LogP contribution in [0.25, 0.3) is 0 Å². The Morgan fingerprint density at radius 1 is 0.891 bits per heavy atom. The molecule has 6 rings (SSSR count). The van der Waals surface area contributed by atoms with Gasteiger partial charge in [-0.1, -0.05) is 20.4 Å². The molecule has 0 aromatic heterocycles. The fourth-order valence-corrected chi connectivity index (χ4v) is 6.98. The van der Waals surface area contributed by atoms with Gasteiger partial charge in [0, 0.05) is 73.6 Å². The molecule has 3 saturated heterocycles. The van der Waals surface area contributed by atoms with E-state index in [4.69, 9.17) is 9.47 Å². The third-order valence-corrected chi connectivity index (χ3v) is 9.40. The highest BCUT2D eigenvalue weighted by atomic mass is 19.4. The monoisotopic (exact) mass is 639 g/mol. The summed E-state index contributed by atoms with van der Waals surface area (Å²) in [5, 5.41) is 9.32. The van der Waals surface area contributed by atoms with Crippen LogP contribution in [0, 0.1) is 5.41 Å². The van der Waals surface area contributed by atoms with Crippen molar-refractivity contribution in [3.63, 3.8) is 0 Å². The van der Waals surface area contributed by atoms with E-state index >= 15 is 0 Å². The van der Waals surface area contributed by atoms with E-state index in [0.29, 0.717) is 48.8 Å². The van der Waals surface area contributed by atoms with Crippen molar-refractivity contribution in [3.8, 4) is 11.5 Å². The molecule has 46 heavy (non-hydrogen) atoms. The zero-order chi connectivity index (χ0) is 33.0. The third kappa shape index (κ3) is 7.10. The normalized spacial score (nSPS) is 19.7. The van der Waals surface area contributed by atoms with Crippen molar-refractivity contribution >= 4 is 17.1 Å². The van der Waals surface area contributed by atoms with Crippen LogP contribution in [0.3, 0.4) is 0 Å². The summed E-state index contributed by atoms with van der Waals surface area (Å²) in [5.41, 5.74) is 4.25. The summed E-state index contributed by atoms with van der Waals surface area (Å²) in [5.74, 6) is 1.17. The minimum Gasteiger partial charge on any atom is -0.497 e. The van der Waals surface area contributed by atoms with Gasteiger partial charge >= 0.3 is 6.18 Å². The second-order valence-electron chi connectivity index (χ2n) is 12.2. The van der Waals surface area contributed by atoms with Gasteiger partial charge < -0.3 is 29.1 Å². The van der Waals surface area contributed by atoms with Crippen LogP contribution in [0.1, 0.15) is 63.5 Å². The molecule has 3 fully saturated rings. The van der Waals surface area contributed by atoms with Gasteiger partial charge in [0.15, 0.2) is 0 Å². The Bertz CT molecular complexity index is 1420. The minimum absolute atomic E-state index is 0.218. The lowest BCUT2D eigenvalue weighted by atomic mass is 9.98. The molecule has 0 radical (unpaired) electrons. The quantitative estimate of drug-likeness (QED) is 0.214. The molecule has 1 atom stereocenters. The molecule has 0 saturated carbocycles. The van der Waals surface area contributed by atoms with Crippen LogP contribution in [0.4, 0.5) is 24.5 Å². The molecule has 0 bridgehead atoms. The number of hydrogen-bond acceptors (Lipinski definition) is 7. The maximum Gasteiger partial charge on any atom is 0.418 e. The zero-order valence-electron chi connectivity index (χ0n) is 27.7. The predicted octanol–water partition coefficient (Wildman–Crippen LogP) is 7.57. The fraction of sp³-hybridized carbons (Fsp3) is 0.528. The summed E-state index contributed by atoms with van der Waals surface area (Å²) in [7, 11) is 3.15. The van der Waals surface area contributed by atoms with Crippen molar-refractivity contribution in [3.05, 3.63) is 71.1 Å². The van der Waals surface area contributed by atoms with Crippen molar-refractivity contribution in [2.24, 2.45) is 0 Å². The molecule has 1 N–H and O–H groups in total. The minimum atomic E-state index is -4.47. The Kier molecular flexibility index (Phi) is 10.4. The van der Waals surface area contributed by atoms with Crippen LogP contribution >= 0.6 is 0 Å². The largest absolute Gasteiger partial charge is 0.497 e. The molecular formula is C36H48F3N5O2. The van der Waals surface area contributed by atoms with Gasteiger partial charge in [-0.3, -0.25) is 5.41 Å². The van der Waals surface area contributed by atoms with Crippen molar-refractivity contribution in [1.82, 2.24) is 9.80 Å². The molecule has 1 unspecified atom stereocenters. The maximum absolute atomic E-state index is 14.3. The number of ether oxygens (including phenoxy) is 2. The first-order chi connectivity index (χ1) is 22.2. The molecule has 10 heteroatoms. The Morgan fingerprint density at radius 3 is 2.13 bits per heavy atom. The number of likely N-dealkylation sites (tertiary alicyclic amines) is 1. The summed E-state index contributed by atoms with van der Waals surface area (Å²) >= 11 is 0. The summed E-state index contributed by atoms with van der Waals surface area (Å²) in [6.07, 6.45) is 1.76. The molecular weight excluding hydrogens is 591 g/mol. The number of piperidine rings is 1. The average molecular weight is 640 g/mol. The first-order valence-electron chi connectivity index (χ1n) is 16.6. The van der Waals surface area contributed by atoms with Gasteiger partial charge in [-0.15, -0.1) is 0 Å². The highest BCUT2D eigenvalue weighted by Crippen LogP contribution is 2.46. The van der Waals surface area contributed by atoms with E-state index in [0.717, 1.165) is 74.5 Å². The molecule has 0 spiro atoms. The van der Waals surface area contributed by atoms with Crippen LogP contribution in [-0.4, -0.2) is 81.6 Å². The Hall–Kier alpha value is -3.82. The van der Waals surface area contributed by atoms with E-state index in [1.807, 2.05) is 30.9 Å². The van der Waals surface area contributed by atoms with E-state index in [2.05, 4.69) is 21.3 Å². The smallest absolute Gasteiger partial charge is 0.418 e. The van der Waals surface area contributed by atoms with Crippen LogP contribution in [0.15, 0.2) is 59.9 Å². The lowest BCUT2D eigenvalue weighted by Crippen LogP contribution is -2.35.